The first-order valence-corrected chi connectivity index (χ1v) is 12.2. The third-order valence-corrected chi connectivity index (χ3v) is 6.43. The van der Waals surface area contributed by atoms with Gasteiger partial charge < -0.3 is 20.1 Å². The Balaban J connectivity index is 1.52. The highest BCUT2D eigenvalue weighted by atomic mass is 32.2. The molecule has 1 amide bonds. The van der Waals surface area contributed by atoms with E-state index in [-0.39, 0.29) is 10.5 Å². The van der Waals surface area contributed by atoms with Gasteiger partial charge in [-0.15, -0.1) is 0 Å². The topological polar surface area (TPSA) is 106 Å². The third kappa shape index (κ3) is 6.69. The summed E-state index contributed by atoms with van der Waals surface area (Å²) < 4.78 is 37.6. The summed E-state index contributed by atoms with van der Waals surface area (Å²) in [4.78, 5) is 12.1. The molecule has 0 spiro atoms. The highest BCUT2D eigenvalue weighted by Crippen LogP contribution is 2.27. The fourth-order valence-electron chi connectivity index (χ4n) is 3.08. The summed E-state index contributed by atoms with van der Waals surface area (Å²) in [5, 5.41) is 6.51. The molecule has 0 bridgehead atoms. The molecule has 0 aliphatic carbocycles. The SMILES string of the molecule is COc1ccc(CCNC(=S)Nc2ccc(S(=O)(=O)NC(=O)c3ccccc3)cc2)cc1OC. The number of anilines is 1. The predicted octanol–water partition coefficient (Wildman–Crippen LogP) is 3.35. The Bertz CT molecular complexity index is 1250. The molecule has 0 heterocycles. The Morgan fingerprint density at radius 2 is 1.59 bits per heavy atom. The van der Waals surface area contributed by atoms with E-state index in [1.807, 2.05) is 18.2 Å². The summed E-state index contributed by atoms with van der Waals surface area (Å²) in [6.45, 7) is 0.583. The van der Waals surface area contributed by atoms with Crippen molar-refractivity contribution in [3.05, 3.63) is 83.9 Å². The van der Waals surface area contributed by atoms with Gasteiger partial charge in [-0.3, -0.25) is 4.79 Å². The summed E-state index contributed by atoms with van der Waals surface area (Å²) in [6.07, 6.45) is 0.709. The molecule has 0 saturated heterocycles. The highest BCUT2D eigenvalue weighted by molar-refractivity contribution is 7.90. The van der Waals surface area contributed by atoms with Crippen molar-refractivity contribution in [2.24, 2.45) is 0 Å². The highest BCUT2D eigenvalue weighted by Gasteiger charge is 2.18. The first-order chi connectivity index (χ1) is 16.3. The average Bonchev–Trinajstić information content (AvgIpc) is 2.84. The van der Waals surface area contributed by atoms with Gasteiger partial charge in [-0.1, -0.05) is 24.3 Å². The van der Waals surface area contributed by atoms with Crippen LogP contribution in [0.15, 0.2) is 77.7 Å². The number of methoxy groups -OCH3 is 2. The van der Waals surface area contributed by atoms with Gasteiger partial charge in [0, 0.05) is 17.8 Å². The smallest absolute Gasteiger partial charge is 0.264 e. The van der Waals surface area contributed by atoms with Crippen molar-refractivity contribution in [2.75, 3.05) is 26.1 Å². The molecule has 0 aromatic heterocycles. The number of ether oxygens (including phenoxy) is 2. The lowest BCUT2D eigenvalue weighted by atomic mass is 10.1. The Morgan fingerprint density at radius 1 is 0.912 bits per heavy atom. The Kier molecular flexibility index (Phi) is 8.44. The largest absolute Gasteiger partial charge is 0.493 e. The molecule has 3 N–H and O–H groups in total. The lowest BCUT2D eigenvalue weighted by Crippen LogP contribution is -2.31. The monoisotopic (exact) mass is 499 g/mol. The van der Waals surface area contributed by atoms with Gasteiger partial charge in [0.2, 0.25) is 0 Å². The van der Waals surface area contributed by atoms with E-state index in [0.29, 0.717) is 35.3 Å². The normalized spacial score (nSPS) is 10.8. The van der Waals surface area contributed by atoms with Gasteiger partial charge in [0.25, 0.3) is 15.9 Å². The maximum atomic E-state index is 12.5. The summed E-state index contributed by atoms with van der Waals surface area (Å²) in [6, 6.07) is 19.8. The molecular formula is C24H25N3O5S2. The van der Waals surface area contributed by atoms with Crippen molar-refractivity contribution in [1.82, 2.24) is 10.0 Å². The standard InChI is InChI=1S/C24H25N3O5S2/c1-31-21-13-8-17(16-22(21)32-2)14-15-25-24(33)26-19-9-11-20(12-10-19)34(29,30)27-23(28)18-6-4-3-5-7-18/h3-13,16H,14-15H2,1-2H3,(H,27,28)(H2,25,26,33). The summed E-state index contributed by atoms with van der Waals surface area (Å²) in [7, 11) is -0.824. The second-order valence-corrected chi connectivity index (χ2v) is 9.24. The van der Waals surface area contributed by atoms with Crippen LogP contribution < -0.4 is 24.8 Å². The van der Waals surface area contributed by atoms with Gasteiger partial charge in [0.15, 0.2) is 16.6 Å². The Morgan fingerprint density at radius 3 is 2.24 bits per heavy atom. The minimum Gasteiger partial charge on any atom is -0.493 e. The number of carbonyl (C=O) groups excluding carboxylic acids is 1. The van der Waals surface area contributed by atoms with E-state index >= 15 is 0 Å². The van der Waals surface area contributed by atoms with Crippen LogP contribution in [-0.4, -0.2) is 40.2 Å². The molecule has 0 unspecified atom stereocenters. The summed E-state index contributed by atoms with van der Waals surface area (Å²) in [5.74, 6) is 0.639. The van der Waals surface area contributed by atoms with Crippen LogP contribution in [-0.2, 0) is 16.4 Å². The van der Waals surface area contributed by atoms with Crippen molar-refractivity contribution in [1.29, 1.82) is 0 Å². The van der Waals surface area contributed by atoms with Crippen molar-refractivity contribution in [2.45, 2.75) is 11.3 Å². The molecular weight excluding hydrogens is 474 g/mol. The van der Waals surface area contributed by atoms with E-state index in [0.717, 1.165) is 5.56 Å². The number of hydrogen-bond donors (Lipinski definition) is 3. The van der Waals surface area contributed by atoms with Gasteiger partial charge >= 0.3 is 0 Å². The van der Waals surface area contributed by atoms with Gasteiger partial charge in [-0.2, -0.15) is 0 Å². The average molecular weight is 500 g/mol. The zero-order valence-corrected chi connectivity index (χ0v) is 20.3. The molecule has 0 fully saturated rings. The van der Waals surface area contributed by atoms with Crippen molar-refractivity contribution in [3.63, 3.8) is 0 Å². The van der Waals surface area contributed by atoms with Crippen molar-refractivity contribution < 1.29 is 22.7 Å². The van der Waals surface area contributed by atoms with E-state index in [2.05, 4.69) is 15.4 Å². The second-order valence-electron chi connectivity index (χ2n) is 7.15. The molecule has 3 aromatic rings. The molecule has 0 aliphatic rings. The van der Waals surface area contributed by atoms with Crippen LogP contribution in [0.5, 0.6) is 11.5 Å². The second kappa shape index (κ2) is 11.5. The zero-order chi connectivity index (χ0) is 24.6. The minimum absolute atomic E-state index is 0.0327. The van der Waals surface area contributed by atoms with E-state index in [9.17, 15) is 13.2 Å². The molecule has 0 atom stereocenters. The molecule has 178 valence electrons. The molecule has 34 heavy (non-hydrogen) atoms. The van der Waals surface area contributed by atoms with Crippen LogP contribution in [0.25, 0.3) is 0 Å². The maximum absolute atomic E-state index is 12.5. The first-order valence-electron chi connectivity index (χ1n) is 10.3. The molecule has 8 nitrogen and oxygen atoms in total. The summed E-state index contributed by atoms with van der Waals surface area (Å²) in [5.41, 5.74) is 1.92. The van der Waals surface area contributed by atoms with Crippen LogP contribution in [0.1, 0.15) is 15.9 Å². The van der Waals surface area contributed by atoms with Crippen LogP contribution >= 0.6 is 12.2 Å². The predicted molar refractivity (Wildman–Crippen MR) is 135 cm³/mol. The Hall–Kier alpha value is -3.63. The third-order valence-electron chi connectivity index (χ3n) is 4.83. The number of carbonyl (C=O) groups is 1. The van der Waals surface area contributed by atoms with E-state index in [1.54, 1.807) is 44.6 Å². The molecule has 3 rings (SSSR count). The number of hydrogen-bond acceptors (Lipinski definition) is 6. The number of rotatable bonds is 9. The lowest BCUT2D eigenvalue weighted by Gasteiger charge is -2.13. The van der Waals surface area contributed by atoms with E-state index < -0.39 is 15.9 Å². The number of amides is 1. The maximum Gasteiger partial charge on any atom is 0.264 e. The van der Waals surface area contributed by atoms with Crippen LogP contribution in [0.4, 0.5) is 5.69 Å². The van der Waals surface area contributed by atoms with Gasteiger partial charge in [-0.25, -0.2) is 13.1 Å². The molecule has 3 aromatic carbocycles. The fourth-order valence-corrected chi connectivity index (χ4v) is 4.27. The number of benzene rings is 3. The van der Waals surface area contributed by atoms with Crippen LogP contribution in [0, 0.1) is 0 Å². The number of sulfonamides is 1. The van der Waals surface area contributed by atoms with Gasteiger partial charge in [-0.05, 0) is 72.7 Å². The summed E-state index contributed by atoms with van der Waals surface area (Å²) >= 11 is 5.31. The fraction of sp³-hybridized carbons (Fsp3) is 0.167. The molecule has 0 aliphatic heterocycles. The molecule has 10 heteroatoms. The van der Waals surface area contributed by atoms with Crippen molar-refractivity contribution in [3.8, 4) is 11.5 Å². The van der Waals surface area contributed by atoms with Crippen LogP contribution in [0.2, 0.25) is 0 Å². The van der Waals surface area contributed by atoms with Gasteiger partial charge in [0.1, 0.15) is 0 Å². The molecule has 0 radical (unpaired) electrons. The first kappa shape index (κ1) is 25.0. The quantitative estimate of drug-likeness (QED) is 0.385. The zero-order valence-electron chi connectivity index (χ0n) is 18.7. The lowest BCUT2D eigenvalue weighted by molar-refractivity contribution is 0.0981. The van der Waals surface area contributed by atoms with Crippen LogP contribution in [0.3, 0.4) is 0 Å². The Labute approximate surface area is 204 Å². The molecule has 0 saturated carbocycles. The number of nitrogens with one attached hydrogen (secondary N) is 3. The van der Waals surface area contributed by atoms with Crippen molar-refractivity contribution >= 4 is 38.9 Å². The van der Waals surface area contributed by atoms with Gasteiger partial charge in [0.05, 0.1) is 19.1 Å². The van der Waals surface area contributed by atoms with E-state index in [4.69, 9.17) is 21.7 Å². The van der Waals surface area contributed by atoms with E-state index in [1.165, 1.54) is 24.3 Å². The number of thiocarbonyl (C=S) groups is 1. The minimum atomic E-state index is -4.00.